The predicted octanol–water partition coefficient (Wildman–Crippen LogP) is 5.11. The van der Waals surface area contributed by atoms with Gasteiger partial charge in [0, 0.05) is 16.6 Å². The largest absolute Gasteiger partial charge is 0.349 e. The Hall–Kier alpha value is -0.590. The van der Waals surface area contributed by atoms with Gasteiger partial charge >= 0.3 is 0 Å². The average molecular weight is 395 g/mol. The zero-order chi connectivity index (χ0) is 19.6. The fraction of sp³-hybridized carbons (Fsp3) is 0.727. The van der Waals surface area contributed by atoms with Crippen molar-refractivity contribution in [1.29, 1.82) is 0 Å². The van der Waals surface area contributed by atoms with Crippen LogP contribution in [0.15, 0.2) is 35.2 Å². The standard InChI is InChI=1S/C22H34O4S/c1-7-19-22(6,26-17(5)23-19)21-15(3)20(24-16(4)25-21)14(2)13-27-18-11-9-8-10-12-18/h8-12,14-17,19-21H,7,13H2,1-6H3/t14-,15+,16-,17+,19+,20-,21+,22-/m1/s1. The van der Waals surface area contributed by atoms with Gasteiger partial charge in [-0.1, -0.05) is 39.0 Å². The molecule has 152 valence electrons. The lowest BCUT2D eigenvalue weighted by molar-refractivity contribution is -0.303. The summed E-state index contributed by atoms with van der Waals surface area (Å²) in [4.78, 5) is 1.30. The van der Waals surface area contributed by atoms with Crippen molar-refractivity contribution in [2.75, 3.05) is 5.75 Å². The molecule has 0 aliphatic carbocycles. The molecule has 1 aromatic carbocycles. The normalized spacial score (nSPS) is 40.8. The van der Waals surface area contributed by atoms with Crippen LogP contribution < -0.4 is 0 Å². The Morgan fingerprint density at radius 3 is 2.41 bits per heavy atom. The van der Waals surface area contributed by atoms with Gasteiger partial charge in [-0.3, -0.25) is 0 Å². The summed E-state index contributed by atoms with van der Waals surface area (Å²) in [7, 11) is 0. The maximum absolute atomic E-state index is 6.28. The van der Waals surface area contributed by atoms with E-state index in [1.165, 1.54) is 4.90 Å². The first-order chi connectivity index (χ1) is 12.8. The SMILES string of the molecule is CC[C@@H]1O[C@H](C)O[C@@]1(C)[C@H]1O[C@H](C)O[C@H]([C@H](C)CSc2ccccc2)[C@@H]1C. The molecule has 2 aliphatic heterocycles. The van der Waals surface area contributed by atoms with Crippen molar-refractivity contribution in [2.24, 2.45) is 11.8 Å². The summed E-state index contributed by atoms with van der Waals surface area (Å²) < 4.78 is 24.8. The zero-order valence-corrected chi connectivity index (χ0v) is 18.2. The third-order valence-electron chi connectivity index (χ3n) is 5.85. The number of hydrogen-bond donors (Lipinski definition) is 0. The molecule has 5 heteroatoms. The van der Waals surface area contributed by atoms with E-state index >= 15 is 0 Å². The lowest BCUT2D eigenvalue weighted by atomic mass is 9.78. The van der Waals surface area contributed by atoms with Crippen molar-refractivity contribution < 1.29 is 18.9 Å². The molecule has 0 radical (unpaired) electrons. The minimum Gasteiger partial charge on any atom is -0.349 e. The third-order valence-corrected chi connectivity index (χ3v) is 7.15. The molecule has 4 nitrogen and oxygen atoms in total. The molecule has 0 bridgehead atoms. The number of ether oxygens (including phenoxy) is 4. The van der Waals surface area contributed by atoms with Crippen LogP contribution in [0.4, 0.5) is 0 Å². The monoisotopic (exact) mass is 394 g/mol. The van der Waals surface area contributed by atoms with Gasteiger partial charge in [0.15, 0.2) is 12.6 Å². The van der Waals surface area contributed by atoms with Crippen LogP contribution >= 0.6 is 11.8 Å². The molecule has 27 heavy (non-hydrogen) atoms. The Labute approximate surface area is 168 Å². The van der Waals surface area contributed by atoms with Crippen molar-refractivity contribution in [3.05, 3.63) is 30.3 Å². The molecule has 0 amide bonds. The zero-order valence-electron chi connectivity index (χ0n) is 17.4. The van der Waals surface area contributed by atoms with Crippen molar-refractivity contribution in [1.82, 2.24) is 0 Å². The molecule has 0 N–H and O–H groups in total. The van der Waals surface area contributed by atoms with Gasteiger partial charge in [-0.25, -0.2) is 0 Å². The first kappa shape index (κ1) is 21.1. The summed E-state index contributed by atoms with van der Waals surface area (Å²) in [6.45, 7) is 12.8. The fourth-order valence-electron chi connectivity index (χ4n) is 4.61. The number of thioether (sulfide) groups is 1. The molecule has 0 unspecified atom stereocenters. The number of hydrogen-bond acceptors (Lipinski definition) is 5. The van der Waals surface area contributed by atoms with Crippen molar-refractivity contribution in [2.45, 2.75) is 89.4 Å². The van der Waals surface area contributed by atoms with Gasteiger partial charge in [-0.05, 0) is 45.2 Å². The van der Waals surface area contributed by atoms with E-state index in [9.17, 15) is 0 Å². The minimum atomic E-state index is -0.448. The summed E-state index contributed by atoms with van der Waals surface area (Å²) in [5, 5.41) is 0. The van der Waals surface area contributed by atoms with Gasteiger partial charge in [0.05, 0.1) is 18.3 Å². The van der Waals surface area contributed by atoms with Gasteiger partial charge in [-0.2, -0.15) is 0 Å². The van der Waals surface area contributed by atoms with Crippen LogP contribution in [0.1, 0.15) is 48.0 Å². The van der Waals surface area contributed by atoms with Crippen molar-refractivity contribution >= 4 is 11.8 Å². The minimum absolute atomic E-state index is 0.0416. The molecular formula is C22H34O4S. The highest BCUT2D eigenvalue weighted by atomic mass is 32.2. The van der Waals surface area contributed by atoms with Crippen molar-refractivity contribution in [3.8, 4) is 0 Å². The highest BCUT2D eigenvalue weighted by molar-refractivity contribution is 7.99. The molecule has 2 heterocycles. The lowest BCUT2D eigenvalue weighted by Crippen LogP contribution is -2.59. The van der Waals surface area contributed by atoms with E-state index in [0.29, 0.717) is 5.92 Å². The van der Waals surface area contributed by atoms with Gasteiger partial charge in [0.25, 0.3) is 0 Å². The Morgan fingerprint density at radius 2 is 1.74 bits per heavy atom. The lowest BCUT2D eigenvalue weighted by Gasteiger charge is -2.48. The van der Waals surface area contributed by atoms with Gasteiger partial charge in [0.1, 0.15) is 5.60 Å². The summed E-state index contributed by atoms with van der Waals surface area (Å²) in [5.74, 6) is 1.64. The molecule has 0 spiro atoms. The molecule has 0 saturated carbocycles. The quantitative estimate of drug-likeness (QED) is 0.627. The van der Waals surface area contributed by atoms with Gasteiger partial charge < -0.3 is 18.9 Å². The Morgan fingerprint density at radius 1 is 1.04 bits per heavy atom. The summed E-state index contributed by atoms with van der Waals surface area (Å²) in [5.41, 5.74) is -0.448. The molecule has 2 saturated heterocycles. The summed E-state index contributed by atoms with van der Waals surface area (Å²) in [6, 6.07) is 10.6. The smallest absolute Gasteiger partial charge is 0.156 e. The fourth-order valence-corrected chi connectivity index (χ4v) is 5.60. The van der Waals surface area contributed by atoms with Crippen LogP contribution in [-0.4, -0.2) is 42.2 Å². The maximum atomic E-state index is 6.28. The van der Waals surface area contributed by atoms with E-state index in [4.69, 9.17) is 18.9 Å². The number of rotatable bonds is 6. The highest BCUT2D eigenvalue weighted by Crippen LogP contribution is 2.43. The van der Waals surface area contributed by atoms with Gasteiger partial charge in [-0.15, -0.1) is 11.8 Å². The summed E-state index contributed by atoms with van der Waals surface area (Å²) in [6.07, 6.45) is 0.592. The maximum Gasteiger partial charge on any atom is 0.156 e. The Bertz CT molecular complexity index is 597. The molecule has 8 atom stereocenters. The van der Waals surface area contributed by atoms with Crippen LogP contribution in [0, 0.1) is 11.8 Å². The molecular weight excluding hydrogens is 360 g/mol. The first-order valence-electron chi connectivity index (χ1n) is 10.2. The first-order valence-corrected chi connectivity index (χ1v) is 11.2. The van der Waals surface area contributed by atoms with Crippen LogP contribution in [0.25, 0.3) is 0 Å². The highest BCUT2D eigenvalue weighted by Gasteiger charge is 2.55. The third kappa shape index (κ3) is 4.54. The van der Waals surface area contributed by atoms with E-state index in [-0.39, 0.29) is 36.8 Å². The van der Waals surface area contributed by atoms with Crippen LogP contribution in [-0.2, 0) is 18.9 Å². The molecule has 2 fully saturated rings. The second-order valence-corrected chi connectivity index (χ2v) is 9.18. The topological polar surface area (TPSA) is 36.9 Å². The van der Waals surface area contributed by atoms with E-state index < -0.39 is 5.60 Å². The van der Waals surface area contributed by atoms with Crippen LogP contribution in [0.2, 0.25) is 0 Å². The second kappa shape index (κ2) is 8.83. The van der Waals surface area contributed by atoms with Crippen LogP contribution in [0.3, 0.4) is 0 Å². The molecule has 0 aromatic heterocycles. The second-order valence-electron chi connectivity index (χ2n) is 8.09. The Balaban J connectivity index is 1.71. The van der Waals surface area contributed by atoms with E-state index in [1.807, 2.05) is 25.6 Å². The number of benzene rings is 1. The predicted molar refractivity (Wildman–Crippen MR) is 109 cm³/mol. The van der Waals surface area contributed by atoms with E-state index in [2.05, 4.69) is 58.0 Å². The Kier molecular flexibility index (Phi) is 6.91. The molecule has 2 aliphatic rings. The van der Waals surface area contributed by atoms with Crippen molar-refractivity contribution in [3.63, 3.8) is 0 Å². The molecule has 1 aromatic rings. The molecule has 3 rings (SSSR count). The van der Waals surface area contributed by atoms with Gasteiger partial charge in [0.2, 0.25) is 0 Å². The van der Waals surface area contributed by atoms with E-state index in [0.717, 1.165) is 12.2 Å². The van der Waals surface area contributed by atoms with E-state index in [1.54, 1.807) is 0 Å². The summed E-state index contributed by atoms with van der Waals surface area (Å²) >= 11 is 1.89. The van der Waals surface area contributed by atoms with Crippen LogP contribution in [0.5, 0.6) is 0 Å². The average Bonchev–Trinajstić information content (AvgIpc) is 2.96.